The minimum atomic E-state index is -0.496. The normalized spacial score (nSPS) is 10.2. The summed E-state index contributed by atoms with van der Waals surface area (Å²) in [5, 5.41) is 12.0. The Morgan fingerprint density at radius 3 is 2.74 bits per heavy atom. The van der Waals surface area contributed by atoms with E-state index in [1.807, 2.05) is 0 Å². The molecule has 2 aromatic rings. The maximum Gasteiger partial charge on any atom is 0.251 e. The highest BCUT2D eigenvalue weighted by atomic mass is 35.5. The van der Waals surface area contributed by atoms with Gasteiger partial charge in [-0.3, -0.25) is 4.79 Å². The zero-order valence-electron chi connectivity index (χ0n) is 9.86. The summed E-state index contributed by atoms with van der Waals surface area (Å²) in [5.41, 5.74) is 1.05. The van der Waals surface area contributed by atoms with Crippen LogP contribution in [0.1, 0.15) is 15.9 Å². The Morgan fingerprint density at radius 2 is 2.05 bits per heavy atom. The first-order chi connectivity index (χ1) is 9.06. The standard InChI is InChI=1S/C14H11ClFNO2/c15-12-6-9(4-5-13(12)16)8-17-14(19)10-2-1-3-11(18)7-10/h1-7,18H,8H2,(H,17,19). The molecular formula is C14H11ClFNO2. The summed E-state index contributed by atoms with van der Waals surface area (Å²) < 4.78 is 13.0. The van der Waals surface area contributed by atoms with E-state index in [0.29, 0.717) is 11.1 Å². The van der Waals surface area contributed by atoms with Crippen molar-refractivity contribution in [2.75, 3.05) is 0 Å². The van der Waals surface area contributed by atoms with Gasteiger partial charge in [0, 0.05) is 12.1 Å². The summed E-state index contributed by atoms with van der Waals surface area (Å²) in [6.45, 7) is 0.231. The van der Waals surface area contributed by atoms with Crippen LogP contribution in [0.2, 0.25) is 5.02 Å². The molecule has 0 fully saturated rings. The highest BCUT2D eigenvalue weighted by Gasteiger charge is 2.06. The average molecular weight is 280 g/mol. The summed E-state index contributed by atoms with van der Waals surface area (Å²) in [6.07, 6.45) is 0. The van der Waals surface area contributed by atoms with E-state index in [1.54, 1.807) is 18.2 Å². The molecule has 3 nitrogen and oxygen atoms in total. The van der Waals surface area contributed by atoms with Crippen molar-refractivity contribution in [3.8, 4) is 5.75 Å². The van der Waals surface area contributed by atoms with Gasteiger partial charge in [0.05, 0.1) is 5.02 Å². The van der Waals surface area contributed by atoms with E-state index in [0.717, 1.165) is 0 Å². The zero-order valence-corrected chi connectivity index (χ0v) is 10.6. The number of carbonyl (C=O) groups is 1. The molecule has 0 saturated carbocycles. The largest absolute Gasteiger partial charge is 0.508 e. The molecule has 0 bridgehead atoms. The second kappa shape index (κ2) is 5.71. The number of amides is 1. The maximum atomic E-state index is 13.0. The van der Waals surface area contributed by atoms with E-state index in [1.165, 1.54) is 24.3 Å². The summed E-state index contributed by atoms with van der Waals surface area (Å²) in [7, 11) is 0. The lowest BCUT2D eigenvalue weighted by atomic mass is 10.2. The van der Waals surface area contributed by atoms with Crippen LogP contribution >= 0.6 is 11.6 Å². The molecule has 0 saturated heterocycles. The average Bonchev–Trinajstić information content (AvgIpc) is 2.40. The summed E-state index contributed by atoms with van der Waals surface area (Å²) in [4.78, 5) is 11.8. The predicted octanol–water partition coefficient (Wildman–Crippen LogP) is 3.11. The van der Waals surface area contributed by atoms with E-state index in [-0.39, 0.29) is 23.2 Å². The van der Waals surface area contributed by atoms with Gasteiger partial charge in [0.1, 0.15) is 11.6 Å². The van der Waals surface area contributed by atoms with Crippen molar-refractivity contribution < 1.29 is 14.3 Å². The molecule has 2 rings (SSSR count). The molecule has 0 aliphatic heterocycles. The van der Waals surface area contributed by atoms with E-state index in [9.17, 15) is 14.3 Å². The highest BCUT2D eigenvalue weighted by molar-refractivity contribution is 6.30. The fourth-order valence-corrected chi connectivity index (χ4v) is 1.78. The molecule has 2 N–H and O–H groups in total. The lowest BCUT2D eigenvalue weighted by Crippen LogP contribution is -2.22. The number of nitrogens with one attached hydrogen (secondary N) is 1. The lowest BCUT2D eigenvalue weighted by molar-refractivity contribution is 0.0950. The second-order valence-corrected chi connectivity index (χ2v) is 4.39. The molecule has 0 aliphatic rings. The maximum absolute atomic E-state index is 13.0. The smallest absolute Gasteiger partial charge is 0.251 e. The molecule has 0 atom stereocenters. The van der Waals surface area contributed by atoms with Gasteiger partial charge in [0.25, 0.3) is 5.91 Å². The van der Waals surface area contributed by atoms with E-state index in [2.05, 4.69) is 5.32 Å². The van der Waals surface area contributed by atoms with Crippen molar-refractivity contribution in [3.63, 3.8) is 0 Å². The molecule has 0 aromatic heterocycles. The quantitative estimate of drug-likeness (QED) is 0.907. The van der Waals surface area contributed by atoms with Gasteiger partial charge in [0.2, 0.25) is 0 Å². The summed E-state index contributed by atoms with van der Waals surface area (Å²) in [6, 6.07) is 10.3. The van der Waals surface area contributed by atoms with Crippen molar-refractivity contribution in [2.45, 2.75) is 6.54 Å². The van der Waals surface area contributed by atoms with Crippen molar-refractivity contribution in [3.05, 3.63) is 64.4 Å². The molecular weight excluding hydrogens is 269 g/mol. The third kappa shape index (κ3) is 3.45. The van der Waals surface area contributed by atoms with Crippen LogP contribution in [0.15, 0.2) is 42.5 Å². The van der Waals surface area contributed by atoms with Crippen molar-refractivity contribution in [1.82, 2.24) is 5.32 Å². The molecule has 0 heterocycles. The number of hydrogen-bond donors (Lipinski definition) is 2. The van der Waals surface area contributed by atoms with Crippen LogP contribution < -0.4 is 5.32 Å². The van der Waals surface area contributed by atoms with Gasteiger partial charge in [-0.05, 0) is 35.9 Å². The number of halogens is 2. The Kier molecular flexibility index (Phi) is 4.02. The summed E-state index contributed by atoms with van der Waals surface area (Å²) in [5.74, 6) is -0.793. The second-order valence-electron chi connectivity index (χ2n) is 3.98. The molecule has 2 aromatic carbocycles. The SMILES string of the molecule is O=C(NCc1ccc(F)c(Cl)c1)c1cccc(O)c1. The fourth-order valence-electron chi connectivity index (χ4n) is 1.58. The monoisotopic (exact) mass is 279 g/mol. The summed E-state index contributed by atoms with van der Waals surface area (Å²) >= 11 is 5.65. The van der Waals surface area contributed by atoms with Gasteiger partial charge in [-0.25, -0.2) is 4.39 Å². The fraction of sp³-hybridized carbons (Fsp3) is 0.0714. The third-order valence-electron chi connectivity index (χ3n) is 2.55. The van der Waals surface area contributed by atoms with Gasteiger partial charge in [-0.1, -0.05) is 23.7 Å². The Labute approximate surface area is 114 Å². The lowest BCUT2D eigenvalue weighted by Gasteiger charge is -2.06. The van der Waals surface area contributed by atoms with Crippen LogP contribution in [0.4, 0.5) is 4.39 Å². The number of hydrogen-bond acceptors (Lipinski definition) is 2. The molecule has 98 valence electrons. The first-order valence-electron chi connectivity index (χ1n) is 5.57. The van der Waals surface area contributed by atoms with Gasteiger partial charge in [-0.2, -0.15) is 0 Å². The van der Waals surface area contributed by atoms with Crippen LogP contribution in [0.5, 0.6) is 5.75 Å². The number of rotatable bonds is 3. The van der Waals surface area contributed by atoms with Crippen LogP contribution in [-0.2, 0) is 6.54 Å². The molecule has 0 spiro atoms. The molecule has 19 heavy (non-hydrogen) atoms. The van der Waals surface area contributed by atoms with Gasteiger partial charge in [0.15, 0.2) is 0 Å². The Bertz CT molecular complexity index is 616. The van der Waals surface area contributed by atoms with Gasteiger partial charge in [-0.15, -0.1) is 0 Å². The highest BCUT2D eigenvalue weighted by Crippen LogP contribution is 2.16. The topological polar surface area (TPSA) is 49.3 Å². The minimum absolute atomic E-state index is 0.0177. The number of benzene rings is 2. The van der Waals surface area contributed by atoms with Crippen molar-refractivity contribution >= 4 is 17.5 Å². The molecule has 0 radical (unpaired) electrons. The van der Waals surface area contributed by atoms with Crippen LogP contribution in [0.25, 0.3) is 0 Å². The van der Waals surface area contributed by atoms with E-state index in [4.69, 9.17) is 11.6 Å². The van der Waals surface area contributed by atoms with Crippen LogP contribution in [0.3, 0.4) is 0 Å². The number of phenols is 1. The predicted molar refractivity (Wildman–Crippen MR) is 70.7 cm³/mol. The molecule has 0 unspecified atom stereocenters. The van der Waals surface area contributed by atoms with E-state index >= 15 is 0 Å². The van der Waals surface area contributed by atoms with Crippen molar-refractivity contribution in [2.24, 2.45) is 0 Å². The number of phenolic OH excluding ortho intramolecular Hbond substituents is 1. The molecule has 1 amide bonds. The van der Waals surface area contributed by atoms with Crippen LogP contribution in [-0.4, -0.2) is 11.0 Å². The van der Waals surface area contributed by atoms with Crippen LogP contribution in [0, 0.1) is 5.82 Å². The number of aromatic hydroxyl groups is 1. The number of carbonyl (C=O) groups excluding carboxylic acids is 1. The third-order valence-corrected chi connectivity index (χ3v) is 2.84. The van der Waals surface area contributed by atoms with Gasteiger partial charge >= 0.3 is 0 Å². The Morgan fingerprint density at radius 1 is 1.26 bits per heavy atom. The zero-order chi connectivity index (χ0) is 13.8. The first-order valence-corrected chi connectivity index (χ1v) is 5.95. The minimum Gasteiger partial charge on any atom is -0.508 e. The van der Waals surface area contributed by atoms with E-state index < -0.39 is 5.82 Å². The van der Waals surface area contributed by atoms with Crippen molar-refractivity contribution in [1.29, 1.82) is 0 Å². The van der Waals surface area contributed by atoms with Gasteiger partial charge < -0.3 is 10.4 Å². The molecule has 0 aliphatic carbocycles. The molecule has 5 heteroatoms. The Balaban J connectivity index is 2.02. The Hall–Kier alpha value is -2.07. The first kappa shape index (κ1) is 13.4.